The number of hydrogen-bond acceptors (Lipinski definition) is 4. The predicted octanol–water partition coefficient (Wildman–Crippen LogP) is 2.99. The van der Waals surface area contributed by atoms with Crippen LogP contribution in [0.4, 0.5) is 0 Å². The van der Waals surface area contributed by atoms with E-state index in [-0.39, 0.29) is 29.9 Å². The van der Waals surface area contributed by atoms with Gasteiger partial charge >= 0.3 is 5.97 Å². The van der Waals surface area contributed by atoms with E-state index in [2.05, 4.69) is 12.2 Å². The van der Waals surface area contributed by atoms with Crippen LogP contribution in [0.2, 0.25) is 0 Å². The van der Waals surface area contributed by atoms with E-state index < -0.39 is 5.97 Å². The molecule has 0 aromatic heterocycles. The average molecular weight is 327 g/mol. The Morgan fingerprint density at radius 2 is 1.71 bits per heavy atom. The molecule has 0 radical (unpaired) electrons. The molecule has 0 fully saturated rings. The summed E-state index contributed by atoms with van der Waals surface area (Å²) in [4.78, 5) is 23.7. The molecule has 0 spiro atoms. The third kappa shape index (κ3) is 4.84. The van der Waals surface area contributed by atoms with Gasteiger partial charge in [-0.1, -0.05) is 31.2 Å². The SMILES string of the molecule is CCc1ccc([C@@H](C)NC(=O)COC(=O)c2ccc(O)cc2)cc1. The summed E-state index contributed by atoms with van der Waals surface area (Å²) in [6, 6.07) is 13.5. The molecule has 5 nitrogen and oxygen atoms in total. The molecule has 2 rings (SSSR count). The first-order chi connectivity index (χ1) is 11.5. The number of ether oxygens (including phenoxy) is 1. The number of rotatable bonds is 6. The number of esters is 1. The van der Waals surface area contributed by atoms with Crippen molar-refractivity contribution < 1.29 is 19.4 Å². The summed E-state index contributed by atoms with van der Waals surface area (Å²) in [5.41, 5.74) is 2.51. The van der Waals surface area contributed by atoms with Crippen molar-refractivity contribution in [1.82, 2.24) is 5.32 Å². The predicted molar refractivity (Wildman–Crippen MR) is 90.8 cm³/mol. The van der Waals surface area contributed by atoms with Gasteiger partial charge in [0.2, 0.25) is 0 Å². The Bertz CT molecular complexity index is 692. The number of carbonyl (C=O) groups is 2. The normalized spacial score (nSPS) is 11.6. The lowest BCUT2D eigenvalue weighted by molar-refractivity contribution is -0.124. The van der Waals surface area contributed by atoms with Crippen LogP contribution in [-0.4, -0.2) is 23.6 Å². The Hall–Kier alpha value is -2.82. The van der Waals surface area contributed by atoms with Gasteiger partial charge in [0.05, 0.1) is 11.6 Å². The lowest BCUT2D eigenvalue weighted by Crippen LogP contribution is -2.31. The van der Waals surface area contributed by atoms with Crippen LogP contribution in [-0.2, 0) is 16.0 Å². The minimum atomic E-state index is -0.606. The van der Waals surface area contributed by atoms with Crippen molar-refractivity contribution in [3.8, 4) is 5.75 Å². The van der Waals surface area contributed by atoms with E-state index >= 15 is 0 Å². The van der Waals surface area contributed by atoms with E-state index in [4.69, 9.17) is 4.74 Å². The molecule has 2 aromatic carbocycles. The molecule has 0 unspecified atom stereocenters. The smallest absolute Gasteiger partial charge is 0.338 e. The van der Waals surface area contributed by atoms with Gasteiger partial charge in [0.15, 0.2) is 6.61 Å². The summed E-state index contributed by atoms with van der Waals surface area (Å²) in [6.45, 7) is 3.61. The largest absolute Gasteiger partial charge is 0.508 e. The maximum Gasteiger partial charge on any atom is 0.338 e. The van der Waals surface area contributed by atoms with Gasteiger partial charge < -0.3 is 15.2 Å². The number of hydrogen-bond donors (Lipinski definition) is 2. The van der Waals surface area contributed by atoms with Crippen molar-refractivity contribution in [3.63, 3.8) is 0 Å². The Morgan fingerprint density at radius 1 is 1.08 bits per heavy atom. The van der Waals surface area contributed by atoms with Crippen LogP contribution >= 0.6 is 0 Å². The second-order valence-electron chi connectivity index (χ2n) is 5.51. The van der Waals surface area contributed by atoms with Gasteiger partial charge in [0, 0.05) is 0 Å². The number of aryl methyl sites for hydroxylation is 1. The molecule has 0 aliphatic carbocycles. The molecule has 2 N–H and O–H groups in total. The molecule has 1 atom stereocenters. The van der Waals surface area contributed by atoms with Gasteiger partial charge in [0.25, 0.3) is 5.91 Å². The topological polar surface area (TPSA) is 75.6 Å². The van der Waals surface area contributed by atoms with Crippen molar-refractivity contribution in [2.75, 3.05) is 6.61 Å². The molecule has 2 aromatic rings. The maximum atomic E-state index is 11.9. The molecule has 126 valence electrons. The summed E-state index contributed by atoms with van der Waals surface area (Å²) < 4.78 is 4.97. The fraction of sp³-hybridized carbons (Fsp3) is 0.263. The van der Waals surface area contributed by atoms with Gasteiger partial charge in [-0.05, 0) is 48.7 Å². The minimum absolute atomic E-state index is 0.0622. The summed E-state index contributed by atoms with van der Waals surface area (Å²) in [6.07, 6.45) is 0.967. The molecule has 5 heteroatoms. The first-order valence-electron chi connectivity index (χ1n) is 7.84. The number of amides is 1. The van der Waals surface area contributed by atoms with Crippen LogP contribution in [0.1, 0.15) is 41.4 Å². The summed E-state index contributed by atoms with van der Waals surface area (Å²) in [5.74, 6) is -0.911. The quantitative estimate of drug-likeness (QED) is 0.800. The fourth-order valence-corrected chi connectivity index (χ4v) is 2.22. The van der Waals surface area contributed by atoms with Crippen LogP contribution in [0.3, 0.4) is 0 Å². The van der Waals surface area contributed by atoms with Crippen LogP contribution in [0.15, 0.2) is 48.5 Å². The highest BCUT2D eigenvalue weighted by atomic mass is 16.5. The standard InChI is InChI=1S/C19H21NO4/c1-3-14-4-6-15(7-5-14)13(2)20-18(22)12-24-19(23)16-8-10-17(21)11-9-16/h4-11,13,21H,3,12H2,1-2H3,(H,20,22)/t13-/m1/s1. The third-order valence-electron chi connectivity index (χ3n) is 3.70. The first kappa shape index (κ1) is 17.5. The Morgan fingerprint density at radius 3 is 2.29 bits per heavy atom. The number of nitrogens with one attached hydrogen (secondary N) is 1. The zero-order valence-electron chi connectivity index (χ0n) is 13.8. The number of benzene rings is 2. The van der Waals surface area contributed by atoms with E-state index in [1.165, 1.54) is 29.8 Å². The van der Waals surface area contributed by atoms with Crippen molar-refractivity contribution >= 4 is 11.9 Å². The highest BCUT2D eigenvalue weighted by molar-refractivity contribution is 5.91. The zero-order chi connectivity index (χ0) is 17.5. The van der Waals surface area contributed by atoms with Gasteiger partial charge in [-0.25, -0.2) is 4.79 Å². The molecule has 0 aliphatic rings. The highest BCUT2D eigenvalue weighted by Gasteiger charge is 2.13. The third-order valence-corrected chi connectivity index (χ3v) is 3.70. The van der Waals surface area contributed by atoms with Crippen molar-refractivity contribution in [2.45, 2.75) is 26.3 Å². The Balaban J connectivity index is 1.83. The lowest BCUT2D eigenvalue weighted by Gasteiger charge is -2.15. The fourth-order valence-electron chi connectivity index (χ4n) is 2.22. The number of phenols is 1. The van der Waals surface area contributed by atoms with E-state index in [1.807, 2.05) is 31.2 Å². The molecule has 0 heterocycles. The molecule has 0 saturated carbocycles. The minimum Gasteiger partial charge on any atom is -0.508 e. The summed E-state index contributed by atoms with van der Waals surface area (Å²) in [5, 5.41) is 12.0. The first-order valence-corrected chi connectivity index (χ1v) is 7.84. The van der Waals surface area contributed by atoms with Crippen molar-refractivity contribution in [1.29, 1.82) is 0 Å². The van der Waals surface area contributed by atoms with Crippen LogP contribution in [0, 0.1) is 0 Å². The van der Waals surface area contributed by atoms with E-state index in [0.29, 0.717) is 0 Å². The summed E-state index contributed by atoms with van der Waals surface area (Å²) >= 11 is 0. The maximum absolute atomic E-state index is 11.9. The van der Waals surface area contributed by atoms with E-state index in [1.54, 1.807) is 0 Å². The molecular formula is C19H21NO4. The van der Waals surface area contributed by atoms with Crippen LogP contribution in [0.25, 0.3) is 0 Å². The molecule has 0 bridgehead atoms. The second-order valence-corrected chi connectivity index (χ2v) is 5.51. The monoisotopic (exact) mass is 327 g/mol. The van der Waals surface area contributed by atoms with Crippen LogP contribution in [0.5, 0.6) is 5.75 Å². The second kappa shape index (κ2) is 8.15. The molecule has 0 aliphatic heterocycles. The number of carbonyl (C=O) groups excluding carboxylic acids is 2. The van der Waals surface area contributed by atoms with E-state index in [0.717, 1.165) is 12.0 Å². The van der Waals surface area contributed by atoms with Gasteiger partial charge in [0.1, 0.15) is 5.75 Å². The van der Waals surface area contributed by atoms with Crippen molar-refractivity contribution in [3.05, 3.63) is 65.2 Å². The van der Waals surface area contributed by atoms with Gasteiger partial charge in [-0.2, -0.15) is 0 Å². The zero-order valence-corrected chi connectivity index (χ0v) is 13.8. The molecule has 24 heavy (non-hydrogen) atoms. The average Bonchev–Trinajstić information content (AvgIpc) is 2.60. The Labute approximate surface area is 141 Å². The van der Waals surface area contributed by atoms with Gasteiger partial charge in [-0.15, -0.1) is 0 Å². The number of aromatic hydroxyl groups is 1. The lowest BCUT2D eigenvalue weighted by atomic mass is 10.1. The Kier molecular flexibility index (Phi) is 5.95. The van der Waals surface area contributed by atoms with Crippen molar-refractivity contribution in [2.24, 2.45) is 0 Å². The molecule has 1 amide bonds. The number of phenolic OH excluding ortho intramolecular Hbond substituents is 1. The van der Waals surface area contributed by atoms with Gasteiger partial charge in [-0.3, -0.25) is 4.79 Å². The molecular weight excluding hydrogens is 306 g/mol. The van der Waals surface area contributed by atoms with Crippen LogP contribution < -0.4 is 5.32 Å². The highest BCUT2D eigenvalue weighted by Crippen LogP contribution is 2.14. The molecule has 0 saturated heterocycles. The summed E-state index contributed by atoms with van der Waals surface area (Å²) in [7, 11) is 0. The van der Waals surface area contributed by atoms with E-state index in [9.17, 15) is 14.7 Å².